The second-order valence-corrected chi connectivity index (χ2v) is 4.83. The van der Waals surface area contributed by atoms with Gasteiger partial charge in [-0.15, -0.1) is 0 Å². The quantitative estimate of drug-likeness (QED) is 0.712. The van der Waals surface area contributed by atoms with Gasteiger partial charge in [0.1, 0.15) is 0 Å². The van der Waals surface area contributed by atoms with Crippen LogP contribution in [-0.4, -0.2) is 18.0 Å². The summed E-state index contributed by atoms with van der Waals surface area (Å²) < 4.78 is 0. The van der Waals surface area contributed by atoms with E-state index in [4.69, 9.17) is 5.73 Å². The summed E-state index contributed by atoms with van der Waals surface area (Å²) in [7, 11) is 0. The lowest BCUT2D eigenvalue weighted by Gasteiger charge is -2.26. The maximum atomic E-state index is 11.5. The fourth-order valence-corrected chi connectivity index (χ4v) is 2.13. The van der Waals surface area contributed by atoms with Gasteiger partial charge < -0.3 is 11.1 Å². The lowest BCUT2D eigenvalue weighted by Crippen LogP contribution is -2.40. The van der Waals surface area contributed by atoms with Crippen molar-refractivity contribution in [3.63, 3.8) is 0 Å². The van der Waals surface area contributed by atoms with Crippen LogP contribution in [0, 0.1) is 5.92 Å². The molecule has 2 aliphatic rings. The van der Waals surface area contributed by atoms with E-state index in [2.05, 4.69) is 5.32 Å². The molecule has 2 aliphatic carbocycles. The molecule has 2 fully saturated rings. The van der Waals surface area contributed by atoms with Crippen LogP contribution < -0.4 is 11.1 Å². The molecule has 0 unspecified atom stereocenters. The van der Waals surface area contributed by atoms with Crippen LogP contribution in [0.2, 0.25) is 0 Å². The zero-order valence-electron chi connectivity index (χ0n) is 8.67. The van der Waals surface area contributed by atoms with Crippen molar-refractivity contribution in [3.8, 4) is 0 Å². The molecule has 0 aromatic carbocycles. The van der Waals surface area contributed by atoms with E-state index >= 15 is 0 Å². The highest BCUT2D eigenvalue weighted by molar-refractivity contribution is 5.76. The average Bonchev–Trinajstić information content (AvgIpc) is 2.93. The van der Waals surface area contributed by atoms with Gasteiger partial charge in [-0.3, -0.25) is 4.79 Å². The zero-order chi connectivity index (χ0) is 9.97. The number of hydrogen-bond acceptors (Lipinski definition) is 2. The Kier molecular flexibility index (Phi) is 3.06. The van der Waals surface area contributed by atoms with Gasteiger partial charge >= 0.3 is 0 Å². The molecule has 0 radical (unpaired) electrons. The van der Waals surface area contributed by atoms with Crippen molar-refractivity contribution in [3.05, 3.63) is 0 Å². The van der Waals surface area contributed by atoms with Crippen LogP contribution in [0.5, 0.6) is 0 Å². The monoisotopic (exact) mass is 196 g/mol. The summed E-state index contributed by atoms with van der Waals surface area (Å²) in [5, 5.41) is 3.12. The minimum Gasteiger partial charge on any atom is -0.353 e. The number of amides is 1. The van der Waals surface area contributed by atoms with Crippen LogP contribution in [-0.2, 0) is 4.79 Å². The van der Waals surface area contributed by atoms with E-state index in [-0.39, 0.29) is 5.91 Å². The van der Waals surface area contributed by atoms with Crippen molar-refractivity contribution in [2.24, 2.45) is 11.7 Å². The summed E-state index contributed by atoms with van der Waals surface area (Å²) in [6.07, 6.45) is 7.52. The van der Waals surface area contributed by atoms with E-state index < -0.39 is 0 Å². The van der Waals surface area contributed by atoms with Gasteiger partial charge in [-0.1, -0.05) is 0 Å². The number of hydrogen-bond donors (Lipinski definition) is 2. The first-order valence-corrected chi connectivity index (χ1v) is 5.79. The molecule has 3 nitrogen and oxygen atoms in total. The van der Waals surface area contributed by atoms with Crippen molar-refractivity contribution in [1.29, 1.82) is 0 Å². The van der Waals surface area contributed by atoms with Gasteiger partial charge in [0.15, 0.2) is 0 Å². The molecular formula is C11H20N2O. The first-order valence-electron chi connectivity index (χ1n) is 5.79. The van der Waals surface area contributed by atoms with Crippen molar-refractivity contribution in [1.82, 2.24) is 5.32 Å². The normalized spacial score (nSPS) is 32.6. The van der Waals surface area contributed by atoms with Crippen molar-refractivity contribution < 1.29 is 4.79 Å². The summed E-state index contributed by atoms with van der Waals surface area (Å²) in [4.78, 5) is 11.5. The second-order valence-electron chi connectivity index (χ2n) is 4.83. The summed E-state index contributed by atoms with van der Waals surface area (Å²) in [5.74, 6) is 0.953. The number of rotatable bonds is 3. The third kappa shape index (κ3) is 2.98. The Morgan fingerprint density at radius 1 is 1.14 bits per heavy atom. The van der Waals surface area contributed by atoms with Crippen LogP contribution in [0.3, 0.4) is 0 Å². The Bertz CT molecular complexity index is 205. The topological polar surface area (TPSA) is 55.1 Å². The SMILES string of the molecule is NC1CCC(NC(=O)CC2CC2)CC1. The Morgan fingerprint density at radius 3 is 2.36 bits per heavy atom. The van der Waals surface area contributed by atoms with E-state index in [0.29, 0.717) is 18.0 Å². The second kappa shape index (κ2) is 4.30. The molecule has 0 spiro atoms. The first kappa shape index (κ1) is 9.97. The molecule has 0 aromatic rings. The summed E-state index contributed by atoms with van der Waals surface area (Å²) in [6.45, 7) is 0. The number of carbonyl (C=O) groups is 1. The maximum absolute atomic E-state index is 11.5. The number of nitrogens with one attached hydrogen (secondary N) is 1. The predicted molar refractivity (Wildman–Crippen MR) is 55.7 cm³/mol. The van der Waals surface area contributed by atoms with Gasteiger partial charge in [0.2, 0.25) is 5.91 Å². The molecule has 3 N–H and O–H groups in total. The van der Waals surface area contributed by atoms with E-state index in [1.807, 2.05) is 0 Å². The van der Waals surface area contributed by atoms with Gasteiger partial charge in [0, 0.05) is 18.5 Å². The predicted octanol–water partition coefficient (Wildman–Crippen LogP) is 1.17. The van der Waals surface area contributed by atoms with Gasteiger partial charge in [0.05, 0.1) is 0 Å². The highest BCUT2D eigenvalue weighted by atomic mass is 16.1. The van der Waals surface area contributed by atoms with Crippen LogP contribution in [0.4, 0.5) is 0 Å². The molecule has 2 rings (SSSR count). The Balaban J connectivity index is 1.66. The third-order valence-corrected chi connectivity index (χ3v) is 3.31. The first-order chi connectivity index (χ1) is 6.74. The lowest BCUT2D eigenvalue weighted by atomic mass is 9.92. The largest absolute Gasteiger partial charge is 0.353 e. The van der Waals surface area contributed by atoms with E-state index in [1.54, 1.807) is 0 Å². The zero-order valence-corrected chi connectivity index (χ0v) is 8.67. The van der Waals surface area contributed by atoms with E-state index in [1.165, 1.54) is 12.8 Å². The van der Waals surface area contributed by atoms with Crippen molar-refractivity contribution in [2.75, 3.05) is 0 Å². The molecule has 0 bridgehead atoms. The Morgan fingerprint density at radius 2 is 1.79 bits per heavy atom. The molecule has 0 aromatic heterocycles. The standard InChI is InChI=1S/C11H20N2O/c12-9-3-5-10(6-4-9)13-11(14)7-8-1-2-8/h8-10H,1-7,12H2,(H,13,14). The smallest absolute Gasteiger partial charge is 0.220 e. The molecule has 0 atom stereocenters. The van der Waals surface area contributed by atoms with Crippen molar-refractivity contribution >= 4 is 5.91 Å². The fourth-order valence-electron chi connectivity index (χ4n) is 2.13. The third-order valence-electron chi connectivity index (χ3n) is 3.31. The molecule has 0 aliphatic heterocycles. The highest BCUT2D eigenvalue weighted by Gasteiger charge is 2.26. The summed E-state index contributed by atoms with van der Waals surface area (Å²) in [6, 6.07) is 0.771. The lowest BCUT2D eigenvalue weighted by molar-refractivity contribution is -0.122. The minimum atomic E-state index is 0.257. The van der Waals surface area contributed by atoms with Crippen molar-refractivity contribution in [2.45, 2.75) is 57.0 Å². The number of carbonyl (C=O) groups excluding carboxylic acids is 1. The highest BCUT2D eigenvalue weighted by Crippen LogP contribution is 2.32. The van der Waals surface area contributed by atoms with Crippen LogP contribution in [0.25, 0.3) is 0 Å². The average molecular weight is 196 g/mol. The van der Waals surface area contributed by atoms with Gasteiger partial charge in [-0.05, 0) is 44.4 Å². The molecule has 14 heavy (non-hydrogen) atoms. The Hall–Kier alpha value is -0.570. The fraction of sp³-hybridized carbons (Fsp3) is 0.909. The van der Waals surface area contributed by atoms with Crippen LogP contribution >= 0.6 is 0 Å². The molecule has 0 saturated heterocycles. The molecular weight excluding hydrogens is 176 g/mol. The van der Waals surface area contributed by atoms with E-state index in [9.17, 15) is 4.79 Å². The molecule has 1 amide bonds. The Labute approximate surface area is 85.4 Å². The molecule has 3 heteroatoms. The molecule has 0 heterocycles. The molecule has 2 saturated carbocycles. The summed E-state index contributed by atoms with van der Waals surface area (Å²) in [5.41, 5.74) is 5.81. The maximum Gasteiger partial charge on any atom is 0.220 e. The van der Waals surface area contributed by atoms with E-state index in [0.717, 1.165) is 32.1 Å². The molecule has 80 valence electrons. The van der Waals surface area contributed by atoms with Gasteiger partial charge in [-0.25, -0.2) is 0 Å². The van der Waals surface area contributed by atoms with Crippen LogP contribution in [0.15, 0.2) is 0 Å². The van der Waals surface area contributed by atoms with Gasteiger partial charge in [0.25, 0.3) is 0 Å². The number of nitrogens with two attached hydrogens (primary N) is 1. The van der Waals surface area contributed by atoms with Gasteiger partial charge in [-0.2, -0.15) is 0 Å². The van der Waals surface area contributed by atoms with Crippen LogP contribution in [0.1, 0.15) is 44.9 Å². The summed E-state index contributed by atoms with van der Waals surface area (Å²) >= 11 is 0. The minimum absolute atomic E-state index is 0.257.